The van der Waals surface area contributed by atoms with Crippen LogP contribution in [0.25, 0.3) is 54.6 Å². The van der Waals surface area contributed by atoms with E-state index in [1.165, 1.54) is 71.4 Å². The summed E-state index contributed by atoms with van der Waals surface area (Å²) in [4.78, 5) is 2.35. The molecule has 0 spiro atoms. The van der Waals surface area contributed by atoms with E-state index in [0.717, 1.165) is 11.4 Å². The van der Waals surface area contributed by atoms with Crippen LogP contribution in [0.15, 0.2) is 164 Å². The number of hydrogen-bond donors (Lipinski definition) is 0. The standard InChI is InChI=1S/C45H33N/c1-45(2)40-16-8-12-34-22-23-35-28-36(29-41(45)44(35)43(34)40)32-20-18-30(19-21-32)31-24-26-38(27-25-31)46(37-13-4-3-5-14-37)42-17-9-11-33-10-6-7-15-39(33)42/h3-29H,1-2H3. The van der Waals surface area contributed by atoms with Gasteiger partial charge in [0.05, 0.1) is 5.69 Å². The summed E-state index contributed by atoms with van der Waals surface area (Å²) in [6.45, 7) is 4.73. The molecule has 8 aromatic carbocycles. The van der Waals surface area contributed by atoms with Crippen LogP contribution >= 0.6 is 0 Å². The lowest BCUT2D eigenvalue weighted by Gasteiger charge is -2.27. The Labute approximate surface area is 270 Å². The van der Waals surface area contributed by atoms with Crippen LogP contribution in [0, 0.1) is 0 Å². The number of benzene rings is 8. The third kappa shape index (κ3) is 4.09. The van der Waals surface area contributed by atoms with Crippen molar-refractivity contribution in [3.63, 3.8) is 0 Å². The van der Waals surface area contributed by atoms with Gasteiger partial charge in [-0.3, -0.25) is 0 Å². The van der Waals surface area contributed by atoms with Crippen LogP contribution in [0.2, 0.25) is 0 Å². The van der Waals surface area contributed by atoms with E-state index in [-0.39, 0.29) is 5.41 Å². The van der Waals surface area contributed by atoms with Gasteiger partial charge in [-0.15, -0.1) is 0 Å². The first-order valence-electron chi connectivity index (χ1n) is 16.1. The summed E-state index contributed by atoms with van der Waals surface area (Å²) in [5.74, 6) is 0. The molecule has 8 aromatic rings. The van der Waals surface area contributed by atoms with Crippen molar-refractivity contribution < 1.29 is 0 Å². The highest BCUT2D eigenvalue weighted by atomic mass is 15.1. The van der Waals surface area contributed by atoms with Crippen LogP contribution in [-0.4, -0.2) is 0 Å². The Morgan fingerprint density at radius 3 is 1.74 bits per heavy atom. The van der Waals surface area contributed by atoms with E-state index in [0.29, 0.717) is 0 Å². The number of anilines is 3. The van der Waals surface area contributed by atoms with Crippen LogP contribution in [0.3, 0.4) is 0 Å². The second-order valence-corrected chi connectivity index (χ2v) is 13.0. The molecule has 1 nitrogen and oxygen atoms in total. The van der Waals surface area contributed by atoms with Crippen molar-refractivity contribution in [1.82, 2.24) is 0 Å². The molecule has 0 unspecified atom stereocenters. The van der Waals surface area contributed by atoms with Crippen molar-refractivity contribution in [2.75, 3.05) is 4.90 Å². The number of hydrogen-bond acceptors (Lipinski definition) is 1. The molecular formula is C45H33N. The molecule has 1 aliphatic rings. The molecule has 0 N–H and O–H groups in total. The number of rotatable bonds is 5. The van der Waals surface area contributed by atoms with E-state index in [4.69, 9.17) is 0 Å². The molecule has 46 heavy (non-hydrogen) atoms. The highest BCUT2D eigenvalue weighted by Crippen LogP contribution is 2.50. The summed E-state index contributed by atoms with van der Waals surface area (Å²) < 4.78 is 0. The summed E-state index contributed by atoms with van der Waals surface area (Å²) >= 11 is 0. The first-order chi connectivity index (χ1) is 22.6. The molecule has 0 amide bonds. The lowest BCUT2D eigenvalue weighted by Crippen LogP contribution is -2.15. The molecule has 0 heterocycles. The highest BCUT2D eigenvalue weighted by Gasteiger charge is 2.34. The zero-order chi connectivity index (χ0) is 30.8. The Hall–Kier alpha value is -5.66. The molecule has 0 aliphatic heterocycles. The van der Waals surface area contributed by atoms with Crippen molar-refractivity contribution in [3.8, 4) is 22.3 Å². The smallest absolute Gasteiger partial charge is 0.0540 e. The van der Waals surface area contributed by atoms with E-state index in [1.807, 2.05) is 0 Å². The minimum Gasteiger partial charge on any atom is -0.310 e. The first kappa shape index (κ1) is 26.7. The van der Waals surface area contributed by atoms with E-state index in [1.54, 1.807) is 0 Å². The van der Waals surface area contributed by atoms with E-state index in [2.05, 4.69) is 183 Å². The topological polar surface area (TPSA) is 3.24 Å². The average Bonchev–Trinajstić information content (AvgIpc) is 3.35. The third-order valence-corrected chi connectivity index (χ3v) is 10.0. The van der Waals surface area contributed by atoms with Gasteiger partial charge in [-0.1, -0.05) is 135 Å². The maximum atomic E-state index is 2.43. The summed E-state index contributed by atoms with van der Waals surface area (Å²) in [5.41, 5.74) is 11.2. The quantitative estimate of drug-likeness (QED) is 0.181. The molecule has 0 saturated heterocycles. The van der Waals surface area contributed by atoms with Gasteiger partial charge in [0.1, 0.15) is 0 Å². The molecule has 0 radical (unpaired) electrons. The minimum absolute atomic E-state index is 0.0151. The molecule has 0 fully saturated rings. The average molecular weight is 588 g/mol. The minimum atomic E-state index is -0.0151. The van der Waals surface area contributed by atoms with Crippen LogP contribution < -0.4 is 4.90 Å². The van der Waals surface area contributed by atoms with Gasteiger partial charge >= 0.3 is 0 Å². The van der Waals surface area contributed by atoms with E-state index in [9.17, 15) is 0 Å². The van der Waals surface area contributed by atoms with Gasteiger partial charge in [0.2, 0.25) is 0 Å². The van der Waals surface area contributed by atoms with Crippen molar-refractivity contribution in [1.29, 1.82) is 0 Å². The predicted molar refractivity (Wildman–Crippen MR) is 197 cm³/mol. The van der Waals surface area contributed by atoms with Crippen LogP contribution in [0.5, 0.6) is 0 Å². The van der Waals surface area contributed by atoms with Gasteiger partial charge in [0.25, 0.3) is 0 Å². The van der Waals surface area contributed by atoms with Crippen molar-refractivity contribution in [2.24, 2.45) is 0 Å². The van der Waals surface area contributed by atoms with Crippen LogP contribution in [-0.2, 0) is 5.41 Å². The second kappa shape index (κ2) is 10.2. The van der Waals surface area contributed by atoms with Crippen molar-refractivity contribution in [3.05, 3.63) is 175 Å². The number of fused-ring (bicyclic) bond motifs is 1. The third-order valence-electron chi connectivity index (χ3n) is 10.0. The zero-order valence-electron chi connectivity index (χ0n) is 26.0. The molecule has 0 aromatic heterocycles. The molecular weight excluding hydrogens is 555 g/mol. The Morgan fingerprint density at radius 2 is 0.957 bits per heavy atom. The van der Waals surface area contributed by atoms with E-state index < -0.39 is 0 Å². The summed E-state index contributed by atoms with van der Waals surface area (Å²) in [6.07, 6.45) is 0. The summed E-state index contributed by atoms with van der Waals surface area (Å²) in [6, 6.07) is 59.9. The molecule has 0 bridgehead atoms. The Bertz CT molecular complexity index is 2410. The Balaban J connectivity index is 1.07. The van der Waals surface area contributed by atoms with Crippen LogP contribution in [0.1, 0.15) is 25.0 Å². The SMILES string of the molecule is CC1(C)c2cccc3ccc4cc(-c5ccc(-c6ccc(N(c7ccccc7)c7cccc8ccccc78)cc6)cc5)cc1c4c23. The maximum absolute atomic E-state index is 2.43. The normalized spacial score (nSPS) is 13.2. The molecule has 1 heteroatoms. The zero-order valence-corrected chi connectivity index (χ0v) is 26.0. The van der Waals surface area contributed by atoms with Gasteiger partial charge in [0, 0.05) is 22.2 Å². The number of nitrogens with zero attached hydrogens (tertiary/aromatic N) is 1. The summed E-state index contributed by atoms with van der Waals surface area (Å²) in [5, 5.41) is 7.98. The molecule has 0 saturated carbocycles. The molecule has 9 rings (SSSR count). The molecule has 0 atom stereocenters. The largest absolute Gasteiger partial charge is 0.310 e. The number of para-hydroxylation sites is 1. The lowest BCUT2D eigenvalue weighted by molar-refractivity contribution is 0.663. The van der Waals surface area contributed by atoms with E-state index >= 15 is 0 Å². The van der Waals surface area contributed by atoms with Gasteiger partial charge in [0.15, 0.2) is 0 Å². The van der Waals surface area contributed by atoms with Crippen molar-refractivity contribution in [2.45, 2.75) is 19.3 Å². The lowest BCUT2D eigenvalue weighted by atomic mass is 9.81. The molecule has 1 aliphatic carbocycles. The monoisotopic (exact) mass is 587 g/mol. The maximum Gasteiger partial charge on any atom is 0.0540 e. The van der Waals surface area contributed by atoms with Gasteiger partial charge in [-0.05, 0) is 103 Å². The predicted octanol–water partition coefficient (Wildman–Crippen LogP) is 12.6. The fourth-order valence-electron chi connectivity index (χ4n) is 7.63. The Morgan fingerprint density at radius 1 is 0.391 bits per heavy atom. The fraction of sp³-hybridized carbons (Fsp3) is 0.0667. The van der Waals surface area contributed by atoms with Gasteiger partial charge in [-0.2, -0.15) is 0 Å². The van der Waals surface area contributed by atoms with Gasteiger partial charge < -0.3 is 4.90 Å². The summed E-state index contributed by atoms with van der Waals surface area (Å²) in [7, 11) is 0. The fourth-order valence-corrected chi connectivity index (χ4v) is 7.63. The highest BCUT2D eigenvalue weighted by molar-refractivity contribution is 6.15. The first-order valence-corrected chi connectivity index (χ1v) is 16.1. The molecule has 218 valence electrons. The van der Waals surface area contributed by atoms with Crippen molar-refractivity contribution >= 4 is 49.4 Å². The Kier molecular flexibility index (Phi) is 5.92. The second-order valence-electron chi connectivity index (χ2n) is 13.0. The van der Waals surface area contributed by atoms with Crippen LogP contribution in [0.4, 0.5) is 17.1 Å². The van der Waals surface area contributed by atoms with Gasteiger partial charge in [-0.25, -0.2) is 0 Å².